The molecule has 4 N–H and O–H groups in total. The fourth-order valence-corrected chi connectivity index (χ4v) is 2.77. The van der Waals surface area contributed by atoms with E-state index in [1.807, 2.05) is 30.3 Å². The van der Waals surface area contributed by atoms with Gasteiger partial charge >= 0.3 is 0 Å². The lowest BCUT2D eigenvalue weighted by Crippen LogP contribution is -2.13. The minimum absolute atomic E-state index is 0.0115. The van der Waals surface area contributed by atoms with Crippen LogP contribution in [0.1, 0.15) is 57.4 Å². The highest BCUT2D eigenvalue weighted by molar-refractivity contribution is 5.93. The summed E-state index contributed by atoms with van der Waals surface area (Å²) >= 11 is 0. The minimum atomic E-state index is -0.0529. The highest BCUT2D eigenvalue weighted by Gasteiger charge is 2.07. The Morgan fingerprint density at radius 1 is 0.889 bits per heavy atom. The average molecular weight is 367 g/mol. The second kappa shape index (κ2) is 10.4. The molecule has 0 saturated carbocycles. The molecule has 5 heteroatoms. The van der Waals surface area contributed by atoms with Crippen LogP contribution in [-0.2, 0) is 9.59 Å². The van der Waals surface area contributed by atoms with Crippen LogP contribution in [0.15, 0.2) is 48.5 Å². The fourth-order valence-electron chi connectivity index (χ4n) is 2.77. The van der Waals surface area contributed by atoms with Crippen LogP contribution in [0.3, 0.4) is 0 Å². The molecule has 0 aliphatic heterocycles. The first-order valence-corrected chi connectivity index (χ1v) is 9.50. The van der Waals surface area contributed by atoms with Gasteiger partial charge in [0.15, 0.2) is 0 Å². The molecule has 0 unspecified atom stereocenters. The number of unbranched alkanes of at least 4 members (excludes halogenated alkanes) is 2. The zero-order chi connectivity index (χ0) is 19.6. The number of carbonyl (C=O) groups is 2. The molecule has 0 aliphatic carbocycles. The molecule has 0 saturated heterocycles. The lowest BCUT2D eigenvalue weighted by atomic mass is 10.0. The van der Waals surface area contributed by atoms with Gasteiger partial charge in [-0.15, -0.1) is 0 Å². The quantitative estimate of drug-likeness (QED) is 0.434. The summed E-state index contributed by atoms with van der Waals surface area (Å²) in [5.41, 5.74) is 9.06. The Balaban J connectivity index is 1.63. The van der Waals surface area contributed by atoms with E-state index in [1.165, 1.54) is 5.56 Å². The molecule has 2 aromatic rings. The topological polar surface area (TPSA) is 84.2 Å². The lowest BCUT2D eigenvalue weighted by Gasteiger charge is -2.10. The summed E-state index contributed by atoms with van der Waals surface area (Å²) in [5, 5.41) is 5.76. The first-order chi connectivity index (χ1) is 13.0. The Bertz CT molecular complexity index is 772. The SMILES string of the molecule is CC(C)c1cccc(NC(=O)CCCCCC(=O)Nc2ccccc2N)c1. The molecular formula is C22H29N3O2. The summed E-state index contributed by atoms with van der Waals surface area (Å²) in [5.74, 6) is 0.388. The van der Waals surface area contributed by atoms with E-state index in [-0.39, 0.29) is 11.8 Å². The Morgan fingerprint density at radius 3 is 2.22 bits per heavy atom. The number of carbonyl (C=O) groups excluding carboxylic acids is 2. The van der Waals surface area contributed by atoms with Gasteiger partial charge in [0.05, 0.1) is 11.4 Å². The Labute approximate surface area is 161 Å². The first-order valence-electron chi connectivity index (χ1n) is 9.50. The van der Waals surface area contributed by atoms with E-state index in [2.05, 4.69) is 30.5 Å². The van der Waals surface area contributed by atoms with Gasteiger partial charge in [0.1, 0.15) is 0 Å². The van der Waals surface area contributed by atoms with Crippen LogP contribution in [0.25, 0.3) is 0 Å². The first kappa shape index (κ1) is 20.5. The van der Waals surface area contributed by atoms with E-state index < -0.39 is 0 Å². The maximum atomic E-state index is 12.1. The van der Waals surface area contributed by atoms with Crippen molar-refractivity contribution in [3.63, 3.8) is 0 Å². The van der Waals surface area contributed by atoms with Crippen LogP contribution < -0.4 is 16.4 Å². The lowest BCUT2D eigenvalue weighted by molar-refractivity contribution is -0.116. The van der Waals surface area contributed by atoms with Crippen molar-refractivity contribution < 1.29 is 9.59 Å². The number of amides is 2. The highest BCUT2D eigenvalue weighted by Crippen LogP contribution is 2.19. The van der Waals surface area contributed by atoms with Crippen molar-refractivity contribution in [3.8, 4) is 0 Å². The summed E-state index contributed by atoms with van der Waals surface area (Å²) in [6.07, 6.45) is 3.22. The summed E-state index contributed by atoms with van der Waals surface area (Å²) in [6, 6.07) is 15.1. The molecule has 0 fully saturated rings. The van der Waals surface area contributed by atoms with Gasteiger partial charge in [0.25, 0.3) is 0 Å². The molecule has 27 heavy (non-hydrogen) atoms. The highest BCUT2D eigenvalue weighted by atomic mass is 16.2. The van der Waals surface area contributed by atoms with Crippen LogP contribution in [-0.4, -0.2) is 11.8 Å². The molecule has 0 bridgehead atoms. The molecule has 2 rings (SSSR count). The van der Waals surface area contributed by atoms with Crippen molar-refractivity contribution in [2.24, 2.45) is 0 Å². The van der Waals surface area contributed by atoms with Gasteiger partial charge in [0, 0.05) is 18.5 Å². The summed E-state index contributed by atoms with van der Waals surface area (Å²) < 4.78 is 0. The molecule has 2 aromatic carbocycles. The zero-order valence-corrected chi connectivity index (χ0v) is 16.1. The third-order valence-electron chi connectivity index (χ3n) is 4.38. The second-order valence-electron chi connectivity index (χ2n) is 7.02. The van der Waals surface area contributed by atoms with Gasteiger partial charge in [-0.25, -0.2) is 0 Å². The summed E-state index contributed by atoms with van der Waals surface area (Å²) in [6.45, 7) is 4.26. The largest absolute Gasteiger partial charge is 0.397 e. The number of rotatable bonds is 9. The van der Waals surface area contributed by atoms with Crippen LogP contribution >= 0.6 is 0 Å². The van der Waals surface area contributed by atoms with Crippen LogP contribution in [0, 0.1) is 0 Å². The third kappa shape index (κ3) is 7.13. The number of nitrogen functional groups attached to an aromatic ring is 1. The van der Waals surface area contributed by atoms with E-state index in [9.17, 15) is 9.59 Å². The molecule has 144 valence electrons. The van der Waals surface area contributed by atoms with Crippen LogP contribution in [0.4, 0.5) is 17.1 Å². The van der Waals surface area contributed by atoms with Gasteiger partial charge in [-0.2, -0.15) is 0 Å². The number of hydrogen-bond donors (Lipinski definition) is 3. The minimum Gasteiger partial charge on any atom is -0.397 e. The molecule has 0 radical (unpaired) electrons. The predicted molar refractivity (Wildman–Crippen MR) is 112 cm³/mol. The van der Waals surface area contributed by atoms with Gasteiger partial charge in [-0.05, 0) is 48.6 Å². The van der Waals surface area contributed by atoms with E-state index in [0.717, 1.165) is 24.9 Å². The standard InChI is InChI=1S/C22H29N3O2/c1-16(2)17-9-8-10-18(15-17)24-21(26)13-4-3-5-14-22(27)25-20-12-7-6-11-19(20)23/h6-12,15-16H,3-5,13-14,23H2,1-2H3,(H,24,26)(H,25,27). The molecule has 0 heterocycles. The van der Waals surface area contributed by atoms with E-state index in [1.54, 1.807) is 12.1 Å². The Hall–Kier alpha value is -2.82. The average Bonchev–Trinajstić information content (AvgIpc) is 2.63. The zero-order valence-electron chi connectivity index (χ0n) is 16.1. The number of nitrogens with one attached hydrogen (secondary N) is 2. The number of para-hydroxylation sites is 2. The normalized spacial score (nSPS) is 10.6. The summed E-state index contributed by atoms with van der Waals surface area (Å²) in [4.78, 5) is 24.0. The van der Waals surface area contributed by atoms with Gasteiger partial charge in [-0.3, -0.25) is 9.59 Å². The van der Waals surface area contributed by atoms with Gasteiger partial charge in [-0.1, -0.05) is 44.5 Å². The molecule has 0 aromatic heterocycles. The van der Waals surface area contributed by atoms with Gasteiger partial charge < -0.3 is 16.4 Å². The molecular weight excluding hydrogens is 338 g/mol. The maximum Gasteiger partial charge on any atom is 0.224 e. The molecule has 0 aliphatic rings. The predicted octanol–water partition coefficient (Wildman–Crippen LogP) is 4.92. The van der Waals surface area contributed by atoms with Gasteiger partial charge in [0.2, 0.25) is 11.8 Å². The van der Waals surface area contributed by atoms with Crippen molar-refractivity contribution in [2.45, 2.75) is 51.9 Å². The number of anilines is 3. The third-order valence-corrected chi connectivity index (χ3v) is 4.38. The van der Waals surface area contributed by atoms with E-state index in [4.69, 9.17) is 5.73 Å². The van der Waals surface area contributed by atoms with Crippen LogP contribution in [0.5, 0.6) is 0 Å². The molecule has 5 nitrogen and oxygen atoms in total. The van der Waals surface area contributed by atoms with Crippen molar-refractivity contribution in [2.75, 3.05) is 16.4 Å². The van der Waals surface area contributed by atoms with E-state index in [0.29, 0.717) is 30.1 Å². The smallest absolute Gasteiger partial charge is 0.224 e. The number of nitrogens with two attached hydrogens (primary N) is 1. The molecule has 2 amide bonds. The number of hydrogen-bond acceptors (Lipinski definition) is 3. The van der Waals surface area contributed by atoms with Crippen molar-refractivity contribution in [3.05, 3.63) is 54.1 Å². The van der Waals surface area contributed by atoms with Crippen molar-refractivity contribution in [1.82, 2.24) is 0 Å². The Kier molecular flexibility index (Phi) is 7.86. The molecule has 0 atom stereocenters. The summed E-state index contributed by atoms with van der Waals surface area (Å²) in [7, 11) is 0. The fraction of sp³-hybridized carbons (Fsp3) is 0.364. The Morgan fingerprint density at radius 2 is 1.56 bits per heavy atom. The molecule has 0 spiro atoms. The van der Waals surface area contributed by atoms with Crippen molar-refractivity contribution in [1.29, 1.82) is 0 Å². The second-order valence-corrected chi connectivity index (χ2v) is 7.02. The van der Waals surface area contributed by atoms with Crippen LogP contribution in [0.2, 0.25) is 0 Å². The monoisotopic (exact) mass is 367 g/mol. The van der Waals surface area contributed by atoms with Crippen molar-refractivity contribution >= 4 is 28.9 Å². The number of benzene rings is 2. The van der Waals surface area contributed by atoms with E-state index >= 15 is 0 Å². The maximum absolute atomic E-state index is 12.1.